The summed E-state index contributed by atoms with van der Waals surface area (Å²) in [7, 11) is 8.75. The summed E-state index contributed by atoms with van der Waals surface area (Å²) in [6.45, 7) is 14.1. The first-order valence-corrected chi connectivity index (χ1v) is 30.4. The SMILES string of the molecule is CCCC(=O)OC[C@H]1c2c(c(OC(C)=O)c(C)c3c2OCO3)CC2[C@H]3c4c(cc(C)c(OC)c4O)C[C@@H]([C@H](C#N)N21)N3C.CCCC(=O)OC[C@H]1c2c(c(OC(C)=O)c(C)c3c2OCO3)CC2[C@H]3c4c(cc(C)c(OC)c4OCOC)C[C@@H]([C@H](C#N)N21)N3C. The van der Waals surface area contributed by atoms with Crippen LogP contribution in [0.4, 0.5) is 0 Å². The number of nitrogens with zero attached hydrogens (tertiary/aromatic N) is 6. The minimum Gasteiger partial charge on any atom is -0.504 e. The van der Waals surface area contributed by atoms with Crippen LogP contribution >= 0.6 is 0 Å². The number of piperazine rings is 2. The second-order valence-corrected chi connectivity index (χ2v) is 24.1. The molecule has 89 heavy (non-hydrogen) atoms. The number of ether oxygens (including phenoxy) is 12. The van der Waals surface area contributed by atoms with Crippen molar-refractivity contribution in [3.8, 4) is 69.6 Å². The molecule has 4 aromatic carbocycles. The quantitative estimate of drug-likeness (QED) is 0.0675. The van der Waals surface area contributed by atoms with E-state index in [0.29, 0.717) is 107 Å². The Bertz CT molecular complexity index is 3610. The topological polar surface area (TPSA) is 260 Å². The number of benzene rings is 4. The monoisotopic (exact) mass is 1230 g/mol. The van der Waals surface area contributed by atoms with Gasteiger partial charge < -0.3 is 61.9 Å². The summed E-state index contributed by atoms with van der Waals surface area (Å²) >= 11 is 0. The summed E-state index contributed by atoms with van der Waals surface area (Å²) in [4.78, 5) is 59.0. The summed E-state index contributed by atoms with van der Waals surface area (Å²) in [5.41, 5.74) is 9.73. The van der Waals surface area contributed by atoms with Gasteiger partial charge in [0.2, 0.25) is 13.6 Å². The van der Waals surface area contributed by atoms with Crippen LogP contribution < -0.4 is 42.6 Å². The molecule has 1 N–H and O–H groups in total. The molecular formula is C66H78N6O17. The molecule has 23 nitrogen and oxygen atoms in total. The molecule has 8 heterocycles. The van der Waals surface area contributed by atoms with Crippen molar-refractivity contribution in [3.63, 3.8) is 0 Å². The number of phenols is 1. The zero-order valence-electron chi connectivity index (χ0n) is 52.8. The first-order valence-electron chi connectivity index (χ1n) is 30.4. The lowest BCUT2D eigenvalue weighted by Gasteiger charge is -2.59. The molecule has 0 saturated carbocycles. The molecule has 0 spiro atoms. The Morgan fingerprint density at radius 1 is 0.584 bits per heavy atom. The van der Waals surface area contributed by atoms with Crippen LogP contribution in [0.3, 0.4) is 0 Å². The highest BCUT2D eigenvalue weighted by Crippen LogP contribution is 2.61. The summed E-state index contributed by atoms with van der Waals surface area (Å²) < 4.78 is 70.4. The molecule has 0 amide bonds. The van der Waals surface area contributed by atoms with Crippen LogP contribution in [0.2, 0.25) is 0 Å². The van der Waals surface area contributed by atoms with Crippen molar-refractivity contribution in [2.45, 2.75) is 167 Å². The van der Waals surface area contributed by atoms with Crippen LogP contribution in [-0.2, 0) is 59.1 Å². The third-order valence-electron chi connectivity index (χ3n) is 19.0. The van der Waals surface area contributed by atoms with Gasteiger partial charge in [-0.1, -0.05) is 26.0 Å². The summed E-state index contributed by atoms with van der Waals surface area (Å²) in [6.07, 6.45) is 3.75. The number of likely N-dealkylation sites (N-methyl/N-ethyl adjacent to an activating group) is 2. The van der Waals surface area contributed by atoms with E-state index in [2.05, 4.69) is 37.8 Å². The van der Waals surface area contributed by atoms with Crippen molar-refractivity contribution < 1.29 is 81.1 Å². The minimum absolute atomic E-state index is 0.000293. The average molecular weight is 1230 g/mol. The molecule has 474 valence electrons. The van der Waals surface area contributed by atoms with Crippen LogP contribution in [0.15, 0.2) is 12.1 Å². The fraction of sp³-hybridized carbons (Fsp3) is 0.545. The molecule has 23 heteroatoms. The van der Waals surface area contributed by atoms with Crippen molar-refractivity contribution in [1.82, 2.24) is 19.6 Å². The highest BCUT2D eigenvalue weighted by Gasteiger charge is 2.59. The van der Waals surface area contributed by atoms with Crippen LogP contribution in [0, 0.1) is 50.4 Å². The molecule has 12 rings (SSSR count). The van der Waals surface area contributed by atoms with E-state index in [1.165, 1.54) is 21.0 Å². The summed E-state index contributed by atoms with van der Waals surface area (Å²) in [5, 5.41) is 33.1. The lowest BCUT2D eigenvalue weighted by atomic mass is 9.71. The molecule has 8 aliphatic heterocycles. The predicted molar refractivity (Wildman–Crippen MR) is 318 cm³/mol. The number of aromatic hydroxyl groups is 1. The number of carbonyl (C=O) groups is 4. The van der Waals surface area contributed by atoms with E-state index in [-0.39, 0.29) is 100 Å². The number of rotatable bonds is 15. The second kappa shape index (κ2) is 25.1. The van der Waals surface area contributed by atoms with E-state index in [1.807, 2.05) is 61.7 Å². The molecule has 0 radical (unpaired) electrons. The maximum atomic E-state index is 12.8. The Balaban J connectivity index is 0.000000184. The number of nitriles is 2. The Kier molecular flexibility index (Phi) is 17.6. The van der Waals surface area contributed by atoms with E-state index in [0.717, 1.165) is 50.1 Å². The Morgan fingerprint density at radius 3 is 1.43 bits per heavy atom. The fourth-order valence-electron chi connectivity index (χ4n) is 15.7. The lowest BCUT2D eigenvalue weighted by Crippen LogP contribution is -2.68. The first-order chi connectivity index (χ1) is 42.8. The molecule has 2 fully saturated rings. The number of hydrogen-bond donors (Lipinski definition) is 1. The van der Waals surface area contributed by atoms with E-state index < -0.39 is 36.1 Å². The second-order valence-electron chi connectivity index (χ2n) is 24.1. The molecule has 0 aliphatic carbocycles. The van der Waals surface area contributed by atoms with E-state index in [1.54, 1.807) is 14.2 Å². The number of hydrogen-bond acceptors (Lipinski definition) is 23. The van der Waals surface area contributed by atoms with Crippen molar-refractivity contribution in [1.29, 1.82) is 10.5 Å². The van der Waals surface area contributed by atoms with Gasteiger partial charge in [0.1, 0.15) is 36.8 Å². The van der Waals surface area contributed by atoms with Gasteiger partial charge in [-0.3, -0.25) is 38.8 Å². The molecule has 4 aromatic rings. The van der Waals surface area contributed by atoms with Crippen molar-refractivity contribution >= 4 is 23.9 Å². The number of fused-ring (bicyclic) bond motifs is 18. The smallest absolute Gasteiger partial charge is 0.308 e. The van der Waals surface area contributed by atoms with Gasteiger partial charge in [0.25, 0.3) is 0 Å². The molecule has 2 saturated heterocycles. The molecular weight excluding hydrogens is 1150 g/mol. The zero-order valence-corrected chi connectivity index (χ0v) is 52.8. The van der Waals surface area contributed by atoms with Gasteiger partial charge in [-0.25, -0.2) is 0 Å². The molecule has 4 bridgehead atoms. The van der Waals surface area contributed by atoms with Crippen LogP contribution in [0.5, 0.6) is 57.5 Å². The third kappa shape index (κ3) is 10.4. The lowest BCUT2D eigenvalue weighted by molar-refractivity contribution is -0.150. The van der Waals surface area contributed by atoms with Gasteiger partial charge in [-0.2, -0.15) is 10.5 Å². The number of phenolic OH excluding ortho intramolecular Hbond substituents is 1. The molecule has 8 aliphatic rings. The van der Waals surface area contributed by atoms with Crippen LogP contribution in [-0.4, -0.2) is 154 Å². The fourth-order valence-corrected chi connectivity index (χ4v) is 15.7. The maximum Gasteiger partial charge on any atom is 0.308 e. The van der Waals surface area contributed by atoms with Crippen LogP contribution in [0.25, 0.3) is 0 Å². The van der Waals surface area contributed by atoms with E-state index in [4.69, 9.17) is 56.8 Å². The van der Waals surface area contributed by atoms with Crippen molar-refractivity contribution in [3.05, 3.63) is 78.9 Å². The van der Waals surface area contributed by atoms with E-state index in [9.17, 15) is 34.8 Å². The normalized spacial score (nSPS) is 24.7. The molecule has 10 atom stereocenters. The predicted octanol–water partition coefficient (Wildman–Crippen LogP) is 7.85. The van der Waals surface area contributed by atoms with E-state index >= 15 is 0 Å². The molecule has 2 unspecified atom stereocenters. The maximum absolute atomic E-state index is 12.8. The average Bonchev–Trinajstić information content (AvgIpc) is 1.27. The Hall–Kier alpha value is -8.06. The van der Waals surface area contributed by atoms with Gasteiger partial charge in [0.15, 0.2) is 52.8 Å². The first kappa shape index (κ1) is 62.5. The standard InChI is InChI=1S/C34H41N3O9.C32H37N3O8/c1-8-9-26(39)42-14-25-28-21(31(46-19(4)38)18(3)32-34(28)45-16-44-32)12-23-29-27-20(11-22(36(29)5)24(13-35)37(23)25)10-17(2)30(41-7)33(27)43-15-40-6;1-7-8-24(37)40-13-23-26-19(30(43-17(4)36)16(3)31-32(26)42-14-41-31)11-21-27-25-18(9-15(2)29(39-6)28(25)38)10-20(34(27)5)22(12-33)35(21)23/h10,22-25,29H,8-9,11-12,14-16H2,1-7H3;9,20-23,27,38H,7-8,10-11,13-14H2,1-6H3/t22-,23?,24-,25-,29-;20-,21?,22-,23-,27-/m00/s1. The number of methoxy groups -OCH3 is 3. The van der Waals surface area contributed by atoms with Crippen molar-refractivity contribution in [2.75, 3.05) is 69.0 Å². The summed E-state index contributed by atoms with van der Waals surface area (Å²) in [5.74, 6) is 2.92. The number of carbonyl (C=O) groups excluding carboxylic acids is 4. The Labute approximate surface area is 518 Å². The zero-order chi connectivity index (χ0) is 63.6. The largest absolute Gasteiger partial charge is 0.504 e. The number of aryl methyl sites for hydroxylation is 2. The van der Waals surface area contributed by atoms with Gasteiger partial charge in [-0.15, -0.1) is 0 Å². The van der Waals surface area contributed by atoms with Crippen molar-refractivity contribution in [2.24, 2.45) is 0 Å². The van der Waals surface area contributed by atoms with Gasteiger partial charge in [0, 0.05) is 102 Å². The number of esters is 4. The highest BCUT2D eigenvalue weighted by molar-refractivity contribution is 5.76. The summed E-state index contributed by atoms with van der Waals surface area (Å²) in [6, 6.07) is 5.35. The van der Waals surface area contributed by atoms with Gasteiger partial charge >= 0.3 is 23.9 Å². The highest BCUT2D eigenvalue weighted by atomic mass is 16.7. The van der Waals surface area contributed by atoms with Gasteiger partial charge in [-0.05, 0) is 103 Å². The third-order valence-corrected chi connectivity index (χ3v) is 19.0. The van der Waals surface area contributed by atoms with Gasteiger partial charge in [0.05, 0.1) is 50.5 Å². The minimum atomic E-state index is -0.598. The van der Waals surface area contributed by atoms with Crippen LogP contribution in [0.1, 0.15) is 144 Å². The molecule has 0 aromatic heterocycles. The Morgan fingerprint density at radius 2 is 1.01 bits per heavy atom.